The second-order valence-electron chi connectivity index (χ2n) is 9.45. The molecule has 2 nitrogen and oxygen atoms in total. The van der Waals surface area contributed by atoms with Crippen LogP contribution in [0.1, 0.15) is 73.1 Å². The zero-order valence-corrected chi connectivity index (χ0v) is 15.0. The van der Waals surface area contributed by atoms with Gasteiger partial charge in [0.25, 0.3) is 0 Å². The number of ether oxygens (including phenoxy) is 1. The number of ketones is 1. The van der Waals surface area contributed by atoms with Crippen molar-refractivity contribution in [1.82, 2.24) is 0 Å². The van der Waals surface area contributed by atoms with Gasteiger partial charge >= 0.3 is 0 Å². The van der Waals surface area contributed by atoms with Crippen LogP contribution in [0.4, 0.5) is 0 Å². The Bertz CT molecular complexity index is 508. The van der Waals surface area contributed by atoms with E-state index in [0.717, 1.165) is 6.42 Å². The molecule has 3 rings (SSSR count). The molecule has 0 N–H and O–H groups in total. The van der Waals surface area contributed by atoms with Crippen molar-refractivity contribution in [2.45, 2.75) is 84.3 Å². The van der Waals surface area contributed by atoms with Crippen LogP contribution < -0.4 is 0 Å². The number of carbonyl (C=O) groups excluding carboxylic acids is 1. The van der Waals surface area contributed by atoms with Gasteiger partial charge in [0.15, 0.2) is 0 Å². The van der Waals surface area contributed by atoms with E-state index in [9.17, 15) is 4.79 Å². The maximum absolute atomic E-state index is 13.2. The summed E-state index contributed by atoms with van der Waals surface area (Å²) in [5, 5.41) is 0. The van der Waals surface area contributed by atoms with Gasteiger partial charge in [0.05, 0.1) is 17.1 Å². The molecule has 0 bridgehead atoms. The predicted molar refractivity (Wildman–Crippen MR) is 89.7 cm³/mol. The van der Waals surface area contributed by atoms with Crippen molar-refractivity contribution >= 4 is 5.78 Å². The Balaban J connectivity index is 2.03. The van der Waals surface area contributed by atoms with Gasteiger partial charge < -0.3 is 4.74 Å². The number of hydrogen-bond acceptors (Lipinski definition) is 2. The average Bonchev–Trinajstić information content (AvgIpc) is 2.35. The number of rotatable bonds is 1. The highest BCUT2D eigenvalue weighted by Crippen LogP contribution is 2.64. The first kappa shape index (κ1) is 16.2. The van der Waals surface area contributed by atoms with Crippen LogP contribution in [-0.4, -0.2) is 17.0 Å². The molecular formula is C20H32O2. The molecule has 2 saturated carbocycles. The molecule has 0 amide bonds. The normalized spacial score (nSPS) is 50.9. The Kier molecular flexibility index (Phi) is 3.46. The highest BCUT2D eigenvalue weighted by atomic mass is 16.5. The molecule has 0 aromatic heterocycles. The summed E-state index contributed by atoms with van der Waals surface area (Å²) >= 11 is 0. The fraction of sp³-hybridized carbons (Fsp3) is 0.850. The van der Waals surface area contributed by atoms with Gasteiger partial charge in [-0.15, -0.1) is 6.58 Å². The van der Waals surface area contributed by atoms with E-state index in [1.165, 1.54) is 25.7 Å². The third-order valence-corrected chi connectivity index (χ3v) is 7.22. The van der Waals surface area contributed by atoms with Crippen LogP contribution >= 0.6 is 0 Å². The van der Waals surface area contributed by atoms with Gasteiger partial charge in [-0.05, 0) is 56.3 Å². The topological polar surface area (TPSA) is 26.3 Å². The Morgan fingerprint density at radius 1 is 1.14 bits per heavy atom. The van der Waals surface area contributed by atoms with E-state index in [1.54, 1.807) is 0 Å². The lowest BCUT2D eigenvalue weighted by Gasteiger charge is -2.64. The molecule has 2 aliphatic carbocycles. The summed E-state index contributed by atoms with van der Waals surface area (Å²) in [4.78, 5) is 13.2. The zero-order chi connectivity index (χ0) is 16.4. The Labute approximate surface area is 135 Å². The third-order valence-electron chi connectivity index (χ3n) is 7.22. The fourth-order valence-electron chi connectivity index (χ4n) is 6.45. The standard InChI is InChI=1S/C20H32O2/c1-7-18(4)13-14(21)16-19(5)11-8-10-17(2,3)15(19)9-12-20(16,6)22-18/h7,15-16H,1,8-13H2,2-6H3. The Hall–Kier alpha value is -0.630. The van der Waals surface area contributed by atoms with E-state index in [0.29, 0.717) is 23.5 Å². The molecule has 5 atom stereocenters. The van der Waals surface area contributed by atoms with E-state index in [-0.39, 0.29) is 16.9 Å². The summed E-state index contributed by atoms with van der Waals surface area (Å²) in [6, 6.07) is 0. The molecule has 3 fully saturated rings. The summed E-state index contributed by atoms with van der Waals surface area (Å²) in [6.45, 7) is 15.3. The van der Waals surface area contributed by atoms with Gasteiger partial charge in [-0.1, -0.05) is 33.3 Å². The highest BCUT2D eigenvalue weighted by Gasteiger charge is 2.64. The Morgan fingerprint density at radius 2 is 1.82 bits per heavy atom. The van der Waals surface area contributed by atoms with Gasteiger partial charge in [-0.3, -0.25) is 4.79 Å². The first-order valence-electron chi connectivity index (χ1n) is 8.93. The average molecular weight is 304 g/mol. The van der Waals surface area contributed by atoms with Gasteiger partial charge in [-0.2, -0.15) is 0 Å². The molecular weight excluding hydrogens is 272 g/mol. The van der Waals surface area contributed by atoms with E-state index >= 15 is 0 Å². The zero-order valence-electron chi connectivity index (χ0n) is 15.0. The van der Waals surface area contributed by atoms with Crippen LogP contribution in [0.5, 0.6) is 0 Å². The maximum Gasteiger partial charge on any atom is 0.142 e. The highest BCUT2D eigenvalue weighted by molar-refractivity contribution is 5.85. The summed E-state index contributed by atoms with van der Waals surface area (Å²) in [5.74, 6) is 1.08. The minimum atomic E-state index is -0.490. The smallest absolute Gasteiger partial charge is 0.142 e. The van der Waals surface area contributed by atoms with Crippen molar-refractivity contribution in [2.75, 3.05) is 0 Å². The van der Waals surface area contributed by atoms with Crippen LogP contribution in [0.3, 0.4) is 0 Å². The quantitative estimate of drug-likeness (QED) is 0.643. The van der Waals surface area contributed by atoms with Crippen molar-refractivity contribution in [3.05, 3.63) is 12.7 Å². The molecule has 0 spiro atoms. The molecule has 3 aliphatic rings. The van der Waals surface area contributed by atoms with Crippen molar-refractivity contribution in [3.63, 3.8) is 0 Å². The lowest BCUT2D eigenvalue weighted by molar-refractivity contribution is -0.240. The van der Waals surface area contributed by atoms with Crippen LogP contribution in [0.25, 0.3) is 0 Å². The largest absolute Gasteiger partial charge is 0.364 e. The fourth-order valence-corrected chi connectivity index (χ4v) is 6.45. The molecule has 1 heterocycles. The summed E-state index contributed by atoms with van der Waals surface area (Å²) in [6.07, 6.45) is 8.18. The van der Waals surface area contributed by atoms with Crippen LogP contribution in [0.15, 0.2) is 12.7 Å². The number of hydrogen-bond donors (Lipinski definition) is 0. The molecule has 124 valence electrons. The monoisotopic (exact) mass is 304 g/mol. The Morgan fingerprint density at radius 3 is 2.45 bits per heavy atom. The maximum atomic E-state index is 13.2. The van der Waals surface area contributed by atoms with Crippen molar-refractivity contribution in [2.24, 2.45) is 22.7 Å². The summed E-state index contributed by atoms with van der Waals surface area (Å²) < 4.78 is 6.53. The SMILES string of the molecule is C=CC1(C)CC(=O)C2C(C)(CCC3C(C)(C)CCCC32C)O1. The van der Waals surface area contributed by atoms with E-state index < -0.39 is 5.60 Å². The van der Waals surface area contributed by atoms with Gasteiger partial charge in [0, 0.05) is 6.42 Å². The minimum Gasteiger partial charge on any atom is -0.364 e. The van der Waals surface area contributed by atoms with E-state index in [4.69, 9.17) is 4.74 Å². The summed E-state index contributed by atoms with van der Waals surface area (Å²) in [5.41, 5.74) is -0.380. The molecule has 0 aromatic carbocycles. The number of Topliss-reactive ketones (excluding diaryl/α,β-unsaturated/α-hetero) is 1. The lowest BCUT2D eigenvalue weighted by Crippen LogP contribution is -2.65. The molecule has 0 aromatic rings. The summed E-state index contributed by atoms with van der Waals surface area (Å²) in [7, 11) is 0. The molecule has 22 heavy (non-hydrogen) atoms. The molecule has 1 saturated heterocycles. The van der Waals surface area contributed by atoms with Crippen molar-refractivity contribution in [3.8, 4) is 0 Å². The first-order chi connectivity index (χ1) is 10.1. The van der Waals surface area contributed by atoms with E-state index in [2.05, 4.69) is 34.3 Å². The van der Waals surface area contributed by atoms with Crippen LogP contribution in [-0.2, 0) is 9.53 Å². The second-order valence-corrected chi connectivity index (χ2v) is 9.45. The van der Waals surface area contributed by atoms with E-state index in [1.807, 2.05) is 13.0 Å². The third kappa shape index (κ3) is 2.13. The minimum absolute atomic E-state index is 0.0475. The van der Waals surface area contributed by atoms with Crippen molar-refractivity contribution < 1.29 is 9.53 Å². The molecule has 0 radical (unpaired) electrons. The second kappa shape index (κ2) is 4.69. The van der Waals surface area contributed by atoms with Crippen molar-refractivity contribution in [1.29, 1.82) is 0 Å². The van der Waals surface area contributed by atoms with Gasteiger partial charge in [-0.25, -0.2) is 0 Å². The first-order valence-corrected chi connectivity index (χ1v) is 8.93. The van der Waals surface area contributed by atoms with Gasteiger partial charge in [0.1, 0.15) is 5.78 Å². The molecule has 5 unspecified atom stereocenters. The molecule has 1 aliphatic heterocycles. The van der Waals surface area contributed by atoms with Gasteiger partial charge in [0.2, 0.25) is 0 Å². The number of fused-ring (bicyclic) bond motifs is 3. The van der Waals surface area contributed by atoms with Crippen LogP contribution in [0.2, 0.25) is 0 Å². The lowest BCUT2D eigenvalue weighted by atomic mass is 9.44. The van der Waals surface area contributed by atoms with Crippen LogP contribution in [0, 0.1) is 22.7 Å². The predicted octanol–water partition coefficient (Wildman–Crippen LogP) is 4.92. The molecule has 2 heteroatoms. The number of carbonyl (C=O) groups is 1.